The Morgan fingerprint density at radius 2 is 1.45 bits per heavy atom. The molecule has 0 radical (unpaired) electrons. The van der Waals surface area contributed by atoms with Gasteiger partial charge in [-0.05, 0) is 54.2 Å². The van der Waals surface area contributed by atoms with Crippen molar-refractivity contribution in [3.63, 3.8) is 0 Å². The van der Waals surface area contributed by atoms with Crippen LogP contribution in [0.4, 0.5) is 0 Å². The zero-order chi connectivity index (χ0) is 30.5. The van der Waals surface area contributed by atoms with Crippen molar-refractivity contribution < 1.29 is 0 Å². The van der Waals surface area contributed by atoms with Crippen LogP contribution in [0, 0.1) is 0 Å². The van der Waals surface area contributed by atoms with Gasteiger partial charge < -0.3 is 5.73 Å². The molecule has 0 aliphatic heterocycles. The quantitative estimate of drug-likeness (QED) is 0.138. The number of benzene rings is 4. The maximum absolute atomic E-state index is 6.73. The molecule has 2 N–H and O–H groups in total. The standard InChI is InChI=1S/C40H38N4/c1-4-27-25-31(5-2)42-40-32(27)23-21-30-22-24-37(44-39(30)40)33-19-13-14-20-34(33)38(26-35(41)28-15-9-7-10-16-28)43-36(6-3)29-17-11-8-12-18-29/h7-26,36H,4-6,41H2,1-3H3/b35-26-,43-38+. The first kappa shape index (κ1) is 29.0. The minimum atomic E-state index is -0.0169. The van der Waals surface area contributed by atoms with Gasteiger partial charge in [-0.25, -0.2) is 4.98 Å². The molecule has 0 amide bonds. The third kappa shape index (κ3) is 5.89. The van der Waals surface area contributed by atoms with Gasteiger partial charge >= 0.3 is 0 Å². The average molecular weight is 575 g/mol. The van der Waals surface area contributed by atoms with Crippen LogP contribution in [0.5, 0.6) is 0 Å². The first-order valence-corrected chi connectivity index (χ1v) is 15.6. The van der Waals surface area contributed by atoms with Gasteiger partial charge in [-0.15, -0.1) is 0 Å². The number of allylic oxidation sites excluding steroid dienone is 1. The van der Waals surface area contributed by atoms with Crippen LogP contribution in [-0.4, -0.2) is 15.7 Å². The van der Waals surface area contributed by atoms with E-state index in [1.54, 1.807) is 0 Å². The maximum Gasteiger partial charge on any atom is 0.0972 e. The van der Waals surface area contributed by atoms with Crippen molar-refractivity contribution in [1.82, 2.24) is 9.97 Å². The van der Waals surface area contributed by atoms with Gasteiger partial charge in [0.1, 0.15) is 0 Å². The molecule has 218 valence electrons. The Morgan fingerprint density at radius 1 is 0.750 bits per heavy atom. The minimum Gasteiger partial charge on any atom is -0.398 e. The highest BCUT2D eigenvalue weighted by atomic mass is 14.8. The SMILES string of the molecule is CCc1cc(CC)c2ccc3ccc(-c4ccccc4C(/C=C(\N)c4ccccc4)=N/C(CC)c4ccccc4)nc3c2n1. The molecule has 2 aromatic heterocycles. The number of fused-ring (bicyclic) bond motifs is 3. The van der Waals surface area contributed by atoms with E-state index in [4.69, 9.17) is 20.7 Å². The molecule has 0 spiro atoms. The fourth-order valence-corrected chi connectivity index (χ4v) is 5.84. The lowest BCUT2D eigenvalue weighted by Gasteiger charge is -2.16. The highest BCUT2D eigenvalue weighted by molar-refractivity contribution is 6.15. The van der Waals surface area contributed by atoms with Gasteiger partial charge in [-0.1, -0.05) is 124 Å². The number of pyridine rings is 2. The number of hydrogen-bond acceptors (Lipinski definition) is 4. The zero-order valence-electron chi connectivity index (χ0n) is 25.7. The number of rotatable bonds is 9. The van der Waals surface area contributed by atoms with Crippen LogP contribution in [0.3, 0.4) is 0 Å². The fraction of sp³-hybridized carbons (Fsp3) is 0.175. The van der Waals surface area contributed by atoms with Crippen molar-refractivity contribution in [3.05, 3.63) is 149 Å². The summed E-state index contributed by atoms with van der Waals surface area (Å²) in [6, 6.07) is 39.7. The lowest BCUT2D eigenvalue weighted by Crippen LogP contribution is -2.08. The van der Waals surface area contributed by atoms with Crippen LogP contribution in [0.1, 0.15) is 61.2 Å². The van der Waals surface area contributed by atoms with Crippen LogP contribution < -0.4 is 5.73 Å². The third-order valence-corrected chi connectivity index (χ3v) is 8.27. The molecule has 0 aliphatic carbocycles. The Labute approximate surface area is 260 Å². The van der Waals surface area contributed by atoms with Gasteiger partial charge in [0.15, 0.2) is 0 Å². The van der Waals surface area contributed by atoms with Gasteiger partial charge in [0.2, 0.25) is 0 Å². The molecule has 44 heavy (non-hydrogen) atoms. The van der Waals surface area contributed by atoms with Crippen LogP contribution in [0.15, 0.2) is 126 Å². The molecule has 4 aromatic carbocycles. The van der Waals surface area contributed by atoms with Gasteiger partial charge in [-0.3, -0.25) is 9.98 Å². The monoisotopic (exact) mass is 574 g/mol. The van der Waals surface area contributed by atoms with Crippen LogP contribution in [-0.2, 0) is 12.8 Å². The maximum atomic E-state index is 6.73. The lowest BCUT2D eigenvalue weighted by molar-refractivity contribution is 0.702. The number of aromatic nitrogens is 2. The summed E-state index contributed by atoms with van der Waals surface area (Å²) < 4.78 is 0. The van der Waals surface area contributed by atoms with Gasteiger partial charge in [-0.2, -0.15) is 0 Å². The molecule has 6 rings (SSSR count). The molecule has 0 aliphatic rings. The van der Waals surface area contributed by atoms with E-state index in [9.17, 15) is 0 Å². The van der Waals surface area contributed by atoms with Crippen molar-refractivity contribution in [2.75, 3.05) is 0 Å². The molecule has 0 saturated carbocycles. The normalized spacial score (nSPS) is 13.0. The third-order valence-electron chi connectivity index (χ3n) is 8.27. The van der Waals surface area contributed by atoms with E-state index in [1.807, 2.05) is 42.5 Å². The van der Waals surface area contributed by atoms with E-state index < -0.39 is 0 Å². The Balaban J connectivity index is 1.56. The Morgan fingerprint density at radius 3 is 2.18 bits per heavy atom. The number of nitrogens with zero attached hydrogens (tertiary/aromatic N) is 3. The zero-order valence-corrected chi connectivity index (χ0v) is 25.7. The summed E-state index contributed by atoms with van der Waals surface area (Å²) in [5.74, 6) is 0. The Bertz CT molecular complexity index is 1970. The molecule has 1 unspecified atom stereocenters. The van der Waals surface area contributed by atoms with Crippen molar-refractivity contribution in [3.8, 4) is 11.3 Å². The molecule has 0 bridgehead atoms. The molecule has 2 heterocycles. The molecule has 4 heteroatoms. The lowest BCUT2D eigenvalue weighted by atomic mass is 9.96. The van der Waals surface area contributed by atoms with E-state index in [0.29, 0.717) is 5.70 Å². The summed E-state index contributed by atoms with van der Waals surface area (Å²) in [5.41, 5.74) is 17.5. The highest BCUT2D eigenvalue weighted by Gasteiger charge is 2.17. The van der Waals surface area contributed by atoms with E-state index in [2.05, 4.69) is 99.6 Å². The Kier molecular flexibility index (Phi) is 8.60. The van der Waals surface area contributed by atoms with Gasteiger partial charge in [0.25, 0.3) is 0 Å². The average Bonchev–Trinajstić information content (AvgIpc) is 3.09. The molecule has 1 atom stereocenters. The Hall–Kier alpha value is -5.09. The summed E-state index contributed by atoms with van der Waals surface area (Å²) in [4.78, 5) is 15.7. The van der Waals surface area contributed by atoms with Crippen molar-refractivity contribution in [2.24, 2.45) is 10.7 Å². The second kappa shape index (κ2) is 13.0. The van der Waals surface area contributed by atoms with Gasteiger partial charge in [0, 0.05) is 33.3 Å². The van der Waals surface area contributed by atoms with E-state index in [0.717, 1.165) is 69.5 Å². The molecule has 0 fully saturated rings. The number of aryl methyl sites for hydroxylation is 2. The van der Waals surface area contributed by atoms with E-state index in [-0.39, 0.29) is 6.04 Å². The number of hydrogen-bond donors (Lipinski definition) is 1. The number of nitrogens with two attached hydrogens (primary N) is 1. The molecule has 4 nitrogen and oxygen atoms in total. The van der Waals surface area contributed by atoms with Crippen LogP contribution in [0.2, 0.25) is 0 Å². The van der Waals surface area contributed by atoms with Crippen molar-refractivity contribution in [2.45, 2.75) is 46.1 Å². The first-order valence-electron chi connectivity index (χ1n) is 15.6. The molecule has 6 aromatic rings. The number of aliphatic imine (C=N–C) groups is 1. The largest absolute Gasteiger partial charge is 0.398 e. The second-order valence-electron chi connectivity index (χ2n) is 11.1. The van der Waals surface area contributed by atoms with Crippen molar-refractivity contribution >= 4 is 33.2 Å². The fourth-order valence-electron chi connectivity index (χ4n) is 5.84. The summed E-state index contributed by atoms with van der Waals surface area (Å²) >= 11 is 0. The molecular weight excluding hydrogens is 536 g/mol. The van der Waals surface area contributed by atoms with Crippen molar-refractivity contribution in [1.29, 1.82) is 0 Å². The van der Waals surface area contributed by atoms with E-state index in [1.165, 1.54) is 16.5 Å². The molecule has 0 saturated heterocycles. The second-order valence-corrected chi connectivity index (χ2v) is 11.1. The summed E-state index contributed by atoms with van der Waals surface area (Å²) in [6.45, 7) is 6.53. The summed E-state index contributed by atoms with van der Waals surface area (Å²) in [6.07, 6.45) is 4.71. The van der Waals surface area contributed by atoms with E-state index >= 15 is 0 Å². The highest BCUT2D eigenvalue weighted by Crippen LogP contribution is 2.32. The smallest absolute Gasteiger partial charge is 0.0972 e. The predicted octanol–water partition coefficient (Wildman–Crippen LogP) is 9.51. The van der Waals surface area contributed by atoms with Gasteiger partial charge in [0.05, 0.1) is 28.5 Å². The minimum absolute atomic E-state index is 0.0169. The first-order chi connectivity index (χ1) is 21.6. The summed E-state index contributed by atoms with van der Waals surface area (Å²) in [7, 11) is 0. The summed E-state index contributed by atoms with van der Waals surface area (Å²) in [5, 5.41) is 2.25. The van der Waals surface area contributed by atoms with Crippen LogP contribution >= 0.6 is 0 Å². The molecular formula is C40H38N4. The van der Waals surface area contributed by atoms with Crippen LogP contribution in [0.25, 0.3) is 38.8 Å². The topological polar surface area (TPSA) is 64.2 Å². The predicted molar refractivity (Wildman–Crippen MR) is 186 cm³/mol.